The second-order valence-corrected chi connectivity index (χ2v) is 13.8. The molecule has 0 radical (unpaired) electrons. The fraction of sp³-hybridized carbons (Fsp3) is 0.967. The van der Waals surface area contributed by atoms with Crippen LogP contribution in [0.4, 0.5) is 4.39 Å². The fourth-order valence-electron chi connectivity index (χ4n) is 6.88. The molecular formula is C30H55ClFN5O6. The fourth-order valence-corrected chi connectivity index (χ4v) is 7.06. The molecule has 250 valence electrons. The Bertz CT molecular complexity index is 816. The average molecular weight is 636 g/mol. The lowest BCUT2D eigenvalue weighted by molar-refractivity contribution is -0.140. The topological polar surface area (TPSA) is 150 Å². The van der Waals surface area contributed by atoms with E-state index >= 15 is 0 Å². The van der Waals surface area contributed by atoms with Gasteiger partial charge in [0.15, 0.2) is 0 Å². The van der Waals surface area contributed by atoms with Gasteiger partial charge in [0.1, 0.15) is 24.7 Å². The van der Waals surface area contributed by atoms with Crippen LogP contribution in [0, 0.1) is 17.8 Å². The first-order valence-corrected chi connectivity index (χ1v) is 16.9. The molecule has 0 aromatic heterocycles. The SMILES string of the molecule is O=C(CC1CCC(OCCCC2CCN(C3NCC(Cl)CN3)CC2)CC1F)N1CC(CCNC[C@H](O)[C@H](O)[C@H](O)CO)C1. The minimum Gasteiger partial charge on any atom is -0.394 e. The molecule has 43 heavy (non-hydrogen) atoms. The third-order valence-electron chi connectivity index (χ3n) is 9.85. The van der Waals surface area contributed by atoms with E-state index in [9.17, 15) is 24.5 Å². The highest BCUT2D eigenvalue weighted by Crippen LogP contribution is 2.33. The lowest BCUT2D eigenvalue weighted by atomic mass is 9.82. The van der Waals surface area contributed by atoms with Crippen molar-refractivity contribution in [1.29, 1.82) is 0 Å². The van der Waals surface area contributed by atoms with Gasteiger partial charge in [-0.25, -0.2) is 4.39 Å². The van der Waals surface area contributed by atoms with Gasteiger partial charge in [0.05, 0.1) is 24.2 Å². The van der Waals surface area contributed by atoms with Crippen LogP contribution in [0.3, 0.4) is 0 Å². The zero-order chi connectivity index (χ0) is 30.8. The number of halogens is 2. The number of aliphatic hydroxyl groups excluding tert-OH is 4. The van der Waals surface area contributed by atoms with Gasteiger partial charge in [-0.05, 0) is 69.2 Å². The van der Waals surface area contributed by atoms with Crippen molar-refractivity contribution in [3.63, 3.8) is 0 Å². The molecule has 11 nitrogen and oxygen atoms in total. The number of alkyl halides is 2. The Morgan fingerprint density at radius 3 is 2.42 bits per heavy atom. The van der Waals surface area contributed by atoms with Crippen LogP contribution in [0.5, 0.6) is 0 Å². The predicted octanol–water partition coefficient (Wildman–Crippen LogP) is -0.0110. The maximum atomic E-state index is 15.0. The molecule has 7 N–H and O–H groups in total. The molecular weight excluding hydrogens is 581 g/mol. The van der Waals surface area contributed by atoms with Crippen molar-refractivity contribution < 1.29 is 34.3 Å². The smallest absolute Gasteiger partial charge is 0.222 e. The molecule has 3 saturated heterocycles. The Hall–Kier alpha value is -0.670. The van der Waals surface area contributed by atoms with Crippen LogP contribution < -0.4 is 16.0 Å². The van der Waals surface area contributed by atoms with Gasteiger partial charge in [-0.15, -0.1) is 11.6 Å². The van der Waals surface area contributed by atoms with Crippen LogP contribution in [-0.2, 0) is 9.53 Å². The molecule has 0 aromatic rings. The van der Waals surface area contributed by atoms with Crippen molar-refractivity contribution in [3.05, 3.63) is 0 Å². The van der Waals surface area contributed by atoms with Gasteiger partial charge in [-0.2, -0.15) is 0 Å². The molecule has 4 rings (SSSR count). The lowest BCUT2D eigenvalue weighted by Gasteiger charge is -2.41. The van der Waals surface area contributed by atoms with Gasteiger partial charge < -0.3 is 35.4 Å². The number of rotatable bonds is 16. The van der Waals surface area contributed by atoms with Crippen LogP contribution in [0.25, 0.3) is 0 Å². The van der Waals surface area contributed by atoms with E-state index in [1.54, 1.807) is 4.90 Å². The number of amides is 1. The summed E-state index contributed by atoms with van der Waals surface area (Å²) < 4.78 is 21.1. The number of likely N-dealkylation sites (tertiary alicyclic amines) is 2. The van der Waals surface area contributed by atoms with Crippen molar-refractivity contribution >= 4 is 17.5 Å². The van der Waals surface area contributed by atoms with Gasteiger partial charge in [0, 0.05) is 65.3 Å². The molecule has 4 fully saturated rings. The summed E-state index contributed by atoms with van der Waals surface area (Å²) in [5, 5.41) is 47.9. The second-order valence-electron chi connectivity index (χ2n) is 13.2. The van der Waals surface area contributed by atoms with Crippen LogP contribution in [0.15, 0.2) is 0 Å². The van der Waals surface area contributed by atoms with Gasteiger partial charge in [0.2, 0.25) is 5.91 Å². The molecule has 0 aromatic carbocycles. The Kier molecular flexibility index (Phi) is 14.6. The normalized spacial score (nSPS) is 31.9. The zero-order valence-electron chi connectivity index (χ0n) is 25.5. The summed E-state index contributed by atoms with van der Waals surface area (Å²) in [5.74, 6) is 0.863. The Labute approximate surface area is 260 Å². The minimum absolute atomic E-state index is 0.0251. The zero-order valence-corrected chi connectivity index (χ0v) is 26.2. The highest BCUT2D eigenvalue weighted by molar-refractivity contribution is 6.21. The number of nitrogens with one attached hydrogen (secondary N) is 3. The van der Waals surface area contributed by atoms with E-state index in [1.165, 1.54) is 12.8 Å². The molecule has 1 aliphatic carbocycles. The number of hydrogen-bond donors (Lipinski definition) is 7. The van der Waals surface area contributed by atoms with Gasteiger partial charge >= 0.3 is 0 Å². The molecule has 1 saturated carbocycles. The molecule has 6 atom stereocenters. The van der Waals surface area contributed by atoms with Crippen LogP contribution in [0.1, 0.15) is 57.8 Å². The van der Waals surface area contributed by atoms with Crippen molar-refractivity contribution in [3.8, 4) is 0 Å². The first-order chi connectivity index (χ1) is 20.7. The van der Waals surface area contributed by atoms with E-state index in [0.29, 0.717) is 45.0 Å². The van der Waals surface area contributed by atoms with E-state index in [-0.39, 0.29) is 42.6 Å². The summed E-state index contributed by atoms with van der Waals surface area (Å²) >= 11 is 6.15. The molecule has 3 heterocycles. The van der Waals surface area contributed by atoms with Crippen LogP contribution >= 0.6 is 11.6 Å². The number of carbonyl (C=O) groups excluding carboxylic acids is 1. The largest absolute Gasteiger partial charge is 0.394 e. The Morgan fingerprint density at radius 2 is 1.74 bits per heavy atom. The van der Waals surface area contributed by atoms with E-state index in [2.05, 4.69) is 20.9 Å². The Morgan fingerprint density at radius 1 is 1.02 bits per heavy atom. The van der Waals surface area contributed by atoms with Crippen molar-refractivity contribution in [2.24, 2.45) is 17.8 Å². The minimum atomic E-state index is -1.41. The molecule has 13 heteroatoms. The van der Waals surface area contributed by atoms with Crippen LogP contribution in [0.2, 0.25) is 0 Å². The molecule has 3 aliphatic heterocycles. The maximum absolute atomic E-state index is 15.0. The maximum Gasteiger partial charge on any atom is 0.222 e. The monoisotopic (exact) mass is 635 g/mol. The van der Waals surface area contributed by atoms with Crippen molar-refractivity contribution in [2.45, 2.75) is 100 Å². The van der Waals surface area contributed by atoms with E-state index in [4.69, 9.17) is 21.4 Å². The molecule has 4 aliphatic rings. The number of carbonyl (C=O) groups is 1. The van der Waals surface area contributed by atoms with Gasteiger partial charge in [0.25, 0.3) is 0 Å². The summed E-state index contributed by atoms with van der Waals surface area (Å²) in [5.41, 5.74) is 0. The third-order valence-corrected chi connectivity index (χ3v) is 10.2. The summed E-state index contributed by atoms with van der Waals surface area (Å²) in [6.45, 7) is 5.94. The van der Waals surface area contributed by atoms with E-state index < -0.39 is 31.1 Å². The highest BCUT2D eigenvalue weighted by Gasteiger charge is 2.36. The van der Waals surface area contributed by atoms with Crippen molar-refractivity contribution in [1.82, 2.24) is 25.8 Å². The summed E-state index contributed by atoms with van der Waals surface area (Å²) in [6, 6.07) is 0. The van der Waals surface area contributed by atoms with E-state index in [0.717, 1.165) is 57.8 Å². The average Bonchev–Trinajstić information content (AvgIpc) is 2.99. The summed E-state index contributed by atoms with van der Waals surface area (Å²) in [6.07, 6.45) is 2.72. The van der Waals surface area contributed by atoms with Gasteiger partial charge in [-0.3, -0.25) is 20.3 Å². The highest BCUT2D eigenvalue weighted by atomic mass is 35.5. The molecule has 1 amide bonds. The number of aliphatic hydroxyl groups is 4. The van der Waals surface area contributed by atoms with Crippen LogP contribution in [-0.4, -0.2) is 144 Å². The molecule has 3 unspecified atom stereocenters. The lowest BCUT2D eigenvalue weighted by Crippen LogP contribution is -2.62. The molecule has 0 spiro atoms. The first kappa shape index (κ1) is 35.2. The first-order valence-electron chi connectivity index (χ1n) is 16.5. The second kappa shape index (κ2) is 17.9. The predicted molar refractivity (Wildman–Crippen MR) is 162 cm³/mol. The number of hydrogen-bond acceptors (Lipinski definition) is 10. The Balaban J connectivity index is 0.997. The number of ether oxygens (including phenoxy) is 1. The quantitative estimate of drug-likeness (QED) is 0.0912. The van der Waals surface area contributed by atoms with Crippen molar-refractivity contribution in [2.75, 3.05) is 65.6 Å². The van der Waals surface area contributed by atoms with E-state index in [1.807, 2.05) is 0 Å². The van der Waals surface area contributed by atoms with Gasteiger partial charge in [-0.1, -0.05) is 0 Å². The summed E-state index contributed by atoms with van der Waals surface area (Å²) in [4.78, 5) is 17.0. The third kappa shape index (κ3) is 11.0. The standard InChI is InChI=1S/C30H55ClFN5O6/c31-23-14-34-30(35-15-23)36-9-6-20(7-10-36)2-1-11-43-24-4-3-22(25(32)13-24)12-28(41)37-17-21(18-37)5-8-33-16-26(39)29(42)27(40)19-38/h20-27,29-30,33-35,38-40,42H,1-19H2/t22?,23?,24?,25?,26-,27+,29-,30?/m0/s1. The summed E-state index contributed by atoms with van der Waals surface area (Å²) in [7, 11) is 0. The molecule has 0 bridgehead atoms. The number of piperidine rings is 1. The number of nitrogens with zero attached hydrogens (tertiary/aromatic N) is 2.